The number of likely N-dealkylation sites (tertiary alicyclic amines) is 1. The number of nitrogens with zero attached hydrogens (tertiary/aromatic N) is 2. The Morgan fingerprint density at radius 3 is 2.50 bits per heavy atom. The molecule has 0 spiro atoms. The van der Waals surface area contributed by atoms with Gasteiger partial charge in [0.05, 0.1) is 12.5 Å². The topological polar surface area (TPSA) is 64.7 Å². The van der Waals surface area contributed by atoms with E-state index >= 15 is 0 Å². The summed E-state index contributed by atoms with van der Waals surface area (Å²) < 4.78 is 0. The van der Waals surface area contributed by atoms with Crippen molar-refractivity contribution in [2.75, 3.05) is 54.9 Å². The Bertz CT molecular complexity index is 902. The summed E-state index contributed by atoms with van der Waals surface area (Å²) in [5.41, 5.74) is 2.88. The van der Waals surface area contributed by atoms with Gasteiger partial charge in [0.15, 0.2) is 0 Å². The first-order valence-corrected chi connectivity index (χ1v) is 12.6. The SMILES string of the molecule is O=C(CN1CCCC(C(=O)Nc2ccccc2)C1)Nc1cccc(CN2CCSCC2)c1. The molecule has 6 nitrogen and oxygen atoms in total. The number of benzene rings is 2. The minimum Gasteiger partial charge on any atom is -0.326 e. The fraction of sp³-hybridized carbons (Fsp3) is 0.440. The highest BCUT2D eigenvalue weighted by Crippen LogP contribution is 2.20. The number of thioether (sulfide) groups is 1. The molecule has 7 heteroatoms. The molecule has 0 radical (unpaired) electrons. The Morgan fingerprint density at radius 1 is 0.906 bits per heavy atom. The lowest BCUT2D eigenvalue weighted by Gasteiger charge is -2.31. The predicted octanol–water partition coefficient (Wildman–Crippen LogP) is 3.52. The van der Waals surface area contributed by atoms with E-state index < -0.39 is 0 Å². The van der Waals surface area contributed by atoms with Crippen molar-refractivity contribution < 1.29 is 9.59 Å². The van der Waals surface area contributed by atoms with Crippen LogP contribution in [0.4, 0.5) is 11.4 Å². The second-order valence-corrected chi connectivity index (χ2v) is 9.79. The summed E-state index contributed by atoms with van der Waals surface area (Å²) in [5, 5.41) is 6.04. The quantitative estimate of drug-likeness (QED) is 0.673. The van der Waals surface area contributed by atoms with Gasteiger partial charge in [0.2, 0.25) is 11.8 Å². The molecule has 2 N–H and O–H groups in total. The molecule has 2 heterocycles. The summed E-state index contributed by atoms with van der Waals surface area (Å²) >= 11 is 2.01. The molecule has 1 unspecified atom stereocenters. The van der Waals surface area contributed by atoms with Gasteiger partial charge in [0.25, 0.3) is 0 Å². The van der Waals surface area contributed by atoms with Gasteiger partial charge in [-0.3, -0.25) is 19.4 Å². The number of nitrogens with one attached hydrogen (secondary N) is 2. The van der Waals surface area contributed by atoms with Gasteiger partial charge in [0, 0.05) is 49.1 Å². The molecule has 0 aliphatic carbocycles. The monoisotopic (exact) mass is 452 g/mol. The number of para-hydroxylation sites is 1. The number of anilines is 2. The molecule has 2 aromatic rings. The maximum Gasteiger partial charge on any atom is 0.238 e. The Kier molecular flexibility index (Phi) is 8.20. The first-order valence-electron chi connectivity index (χ1n) is 11.4. The van der Waals surface area contributed by atoms with E-state index in [1.54, 1.807) is 0 Å². The lowest BCUT2D eigenvalue weighted by Crippen LogP contribution is -2.44. The molecular weight excluding hydrogens is 420 g/mol. The van der Waals surface area contributed by atoms with E-state index in [1.165, 1.54) is 17.1 Å². The zero-order valence-electron chi connectivity index (χ0n) is 18.5. The van der Waals surface area contributed by atoms with Crippen molar-refractivity contribution in [1.82, 2.24) is 9.80 Å². The predicted molar refractivity (Wildman–Crippen MR) is 132 cm³/mol. The van der Waals surface area contributed by atoms with Gasteiger partial charge >= 0.3 is 0 Å². The summed E-state index contributed by atoms with van der Waals surface area (Å²) in [6, 6.07) is 17.7. The summed E-state index contributed by atoms with van der Waals surface area (Å²) in [5.74, 6) is 2.29. The molecule has 1 atom stereocenters. The van der Waals surface area contributed by atoms with Crippen LogP contribution < -0.4 is 10.6 Å². The molecule has 0 bridgehead atoms. The van der Waals surface area contributed by atoms with Crippen molar-refractivity contribution >= 4 is 35.0 Å². The van der Waals surface area contributed by atoms with E-state index in [0.717, 1.165) is 50.4 Å². The molecule has 2 fully saturated rings. The van der Waals surface area contributed by atoms with Crippen LogP contribution >= 0.6 is 11.8 Å². The van der Waals surface area contributed by atoms with Crippen LogP contribution in [0.1, 0.15) is 18.4 Å². The minimum absolute atomic E-state index is 0.0272. The summed E-state index contributed by atoms with van der Waals surface area (Å²) in [6.07, 6.45) is 1.78. The highest BCUT2D eigenvalue weighted by molar-refractivity contribution is 7.99. The fourth-order valence-corrected chi connectivity index (χ4v) is 5.33. The van der Waals surface area contributed by atoms with Crippen molar-refractivity contribution in [3.05, 3.63) is 60.2 Å². The molecule has 170 valence electrons. The summed E-state index contributed by atoms with van der Waals surface area (Å²) in [7, 11) is 0. The van der Waals surface area contributed by atoms with E-state index in [-0.39, 0.29) is 17.7 Å². The number of carbonyl (C=O) groups excluding carboxylic acids is 2. The molecule has 0 saturated carbocycles. The number of carbonyl (C=O) groups is 2. The fourth-order valence-electron chi connectivity index (χ4n) is 4.35. The van der Waals surface area contributed by atoms with E-state index in [1.807, 2.05) is 54.2 Å². The lowest BCUT2D eigenvalue weighted by atomic mass is 9.97. The van der Waals surface area contributed by atoms with Crippen molar-refractivity contribution in [3.8, 4) is 0 Å². The van der Waals surface area contributed by atoms with Crippen LogP contribution in [0.2, 0.25) is 0 Å². The van der Waals surface area contributed by atoms with Gasteiger partial charge in [0.1, 0.15) is 0 Å². The third-order valence-electron chi connectivity index (χ3n) is 6.01. The number of piperidine rings is 1. The average molecular weight is 453 g/mol. The van der Waals surface area contributed by atoms with Gasteiger partial charge in [-0.25, -0.2) is 0 Å². The van der Waals surface area contributed by atoms with Crippen LogP contribution in [0, 0.1) is 5.92 Å². The minimum atomic E-state index is -0.0946. The normalized spacial score (nSPS) is 19.9. The van der Waals surface area contributed by atoms with Crippen LogP contribution in [0.15, 0.2) is 54.6 Å². The first-order chi connectivity index (χ1) is 15.7. The third-order valence-corrected chi connectivity index (χ3v) is 6.95. The zero-order chi connectivity index (χ0) is 22.2. The number of rotatable bonds is 7. The highest BCUT2D eigenvalue weighted by Gasteiger charge is 2.27. The number of amides is 2. The van der Waals surface area contributed by atoms with Crippen LogP contribution in [-0.4, -0.2) is 65.8 Å². The van der Waals surface area contributed by atoms with Gasteiger partial charge in [-0.1, -0.05) is 30.3 Å². The van der Waals surface area contributed by atoms with Crippen molar-refractivity contribution in [1.29, 1.82) is 0 Å². The van der Waals surface area contributed by atoms with Crippen LogP contribution in [-0.2, 0) is 16.1 Å². The van der Waals surface area contributed by atoms with Crippen LogP contribution in [0.25, 0.3) is 0 Å². The van der Waals surface area contributed by atoms with Gasteiger partial charge in [-0.15, -0.1) is 0 Å². The van der Waals surface area contributed by atoms with E-state index in [9.17, 15) is 9.59 Å². The summed E-state index contributed by atoms with van der Waals surface area (Å²) in [6.45, 7) is 4.93. The van der Waals surface area contributed by atoms with Crippen LogP contribution in [0.5, 0.6) is 0 Å². The lowest BCUT2D eigenvalue weighted by molar-refractivity contribution is -0.123. The zero-order valence-corrected chi connectivity index (χ0v) is 19.3. The van der Waals surface area contributed by atoms with Gasteiger partial charge in [-0.2, -0.15) is 11.8 Å². The summed E-state index contributed by atoms with van der Waals surface area (Å²) in [4.78, 5) is 29.9. The molecular formula is C25H32N4O2S. The number of hydrogen-bond acceptors (Lipinski definition) is 5. The Labute approximate surface area is 194 Å². The molecule has 2 aliphatic rings. The van der Waals surface area contributed by atoms with E-state index in [4.69, 9.17) is 0 Å². The molecule has 2 aliphatic heterocycles. The van der Waals surface area contributed by atoms with Crippen LogP contribution in [0.3, 0.4) is 0 Å². The van der Waals surface area contributed by atoms with Gasteiger partial charge in [-0.05, 0) is 49.2 Å². The molecule has 4 rings (SSSR count). The largest absolute Gasteiger partial charge is 0.326 e. The average Bonchev–Trinajstić information content (AvgIpc) is 2.81. The van der Waals surface area contributed by atoms with Crippen molar-refractivity contribution in [3.63, 3.8) is 0 Å². The standard InChI is InChI=1S/C25H32N4O2S/c30-24(26-23-10-4-6-20(16-23)17-28-12-14-32-15-13-28)19-29-11-5-7-21(18-29)25(31)27-22-8-2-1-3-9-22/h1-4,6,8-10,16,21H,5,7,11-15,17-19H2,(H,26,30)(H,27,31). The smallest absolute Gasteiger partial charge is 0.238 e. The Hall–Kier alpha value is -2.35. The first kappa shape index (κ1) is 22.8. The molecule has 0 aromatic heterocycles. The second kappa shape index (κ2) is 11.5. The molecule has 2 aromatic carbocycles. The molecule has 32 heavy (non-hydrogen) atoms. The van der Waals surface area contributed by atoms with E-state index in [0.29, 0.717) is 13.1 Å². The maximum absolute atomic E-state index is 12.7. The third kappa shape index (κ3) is 6.82. The number of hydrogen-bond donors (Lipinski definition) is 2. The second-order valence-electron chi connectivity index (χ2n) is 8.57. The molecule has 2 amide bonds. The Balaban J connectivity index is 1.26. The van der Waals surface area contributed by atoms with Gasteiger partial charge < -0.3 is 10.6 Å². The van der Waals surface area contributed by atoms with Crippen molar-refractivity contribution in [2.24, 2.45) is 5.92 Å². The molecule has 2 saturated heterocycles. The highest BCUT2D eigenvalue weighted by atomic mass is 32.2. The maximum atomic E-state index is 12.7. The van der Waals surface area contributed by atoms with E-state index in [2.05, 4.69) is 32.6 Å². The Morgan fingerprint density at radius 2 is 1.69 bits per heavy atom. The van der Waals surface area contributed by atoms with Crippen molar-refractivity contribution in [2.45, 2.75) is 19.4 Å².